The van der Waals surface area contributed by atoms with Gasteiger partial charge in [0.05, 0.1) is 10.9 Å². The van der Waals surface area contributed by atoms with Crippen LogP contribution in [0.1, 0.15) is 56.5 Å². The molecular weight excluding hydrogens is 379 g/mol. The number of esters is 1. The van der Waals surface area contributed by atoms with Crippen molar-refractivity contribution >= 4 is 41.0 Å². The van der Waals surface area contributed by atoms with E-state index in [-0.39, 0.29) is 22.6 Å². The summed E-state index contributed by atoms with van der Waals surface area (Å²) in [5.41, 5.74) is -0.0787. The summed E-state index contributed by atoms with van der Waals surface area (Å²) in [5.74, 6) is -1.02. The Kier molecular flexibility index (Phi) is 6.40. The molecule has 0 spiro atoms. The predicted molar refractivity (Wildman–Crippen MR) is 101 cm³/mol. The van der Waals surface area contributed by atoms with Gasteiger partial charge in [-0.3, -0.25) is 4.79 Å². The lowest BCUT2D eigenvalue weighted by atomic mass is 9.96. The second-order valence-corrected chi connectivity index (χ2v) is 8.08. The number of hydrogen-bond donors (Lipinski definition) is 1. The van der Waals surface area contributed by atoms with E-state index in [1.807, 2.05) is 32.6 Å². The summed E-state index contributed by atoms with van der Waals surface area (Å²) in [6.07, 6.45) is 1.67. The molecule has 1 aliphatic rings. The minimum Gasteiger partial charge on any atom is -0.478 e. The molecule has 0 bridgehead atoms. The zero-order valence-corrected chi connectivity index (χ0v) is 16.9. The zero-order chi connectivity index (χ0) is 19.6. The monoisotopic (exact) mass is 402 g/mol. The quantitative estimate of drug-likeness (QED) is 0.600. The number of carbonyl (C=O) groups excluding carboxylic acids is 1. The summed E-state index contributed by atoms with van der Waals surface area (Å²) in [5, 5.41) is 9.59. The predicted octanol–water partition coefficient (Wildman–Crippen LogP) is 4.21. The molecule has 1 aliphatic heterocycles. The molecule has 2 heterocycles. The van der Waals surface area contributed by atoms with Crippen LogP contribution in [0.15, 0.2) is 0 Å². The summed E-state index contributed by atoms with van der Waals surface area (Å²) in [7, 11) is 0. The van der Waals surface area contributed by atoms with E-state index < -0.39 is 11.6 Å². The van der Waals surface area contributed by atoms with Gasteiger partial charge in [0, 0.05) is 13.1 Å². The van der Waals surface area contributed by atoms with Crippen LogP contribution in [-0.2, 0) is 16.0 Å². The number of ether oxygens (including phenoxy) is 1. The number of carboxylic acid groups (broad SMARTS) is 1. The fraction of sp³-hybridized carbons (Fsp3) is 0.611. The minimum atomic E-state index is -1.14. The number of piperidine rings is 1. The van der Waals surface area contributed by atoms with Gasteiger partial charge in [-0.15, -0.1) is 0 Å². The molecule has 1 fully saturated rings. The number of carboxylic acids is 1. The van der Waals surface area contributed by atoms with Crippen LogP contribution in [0.25, 0.3) is 0 Å². The van der Waals surface area contributed by atoms with Gasteiger partial charge in [0.2, 0.25) is 0 Å². The number of nitrogens with zero attached hydrogens (tertiary/aromatic N) is 2. The largest absolute Gasteiger partial charge is 0.478 e. The Morgan fingerprint density at radius 1 is 1.27 bits per heavy atom. The van der Waals surface area contributed by atoms with Crippen LogP contribution in [0.3, 0.4) is 0 Å². The molecule has 2 rings (SSSR count). The molecule has 0 atom stereocenters. The normalized spacial score (nSPS) is 15.8. The molecule has 1 aromatic rings. The van der Waals surface area contributed by atoms with Crippen molar-refractivity contribution in [1.82, 2.24) is 4.98 Å². The van der Waals surface area contributed by atoms with Gasteiger partial charge in [-0.2, -0.15) is 0 Å². The molecule has 0 aromatic carbocycles. The lowest BCUT2D eigenvalue weighted by Gasteiger charge is -2.34. The molecule has 144 valence electrons. The first-order valence-electron chi connectivity index (χ1n) is 8.64. The molecular formula is C18H24Cl2N2O4. The van der Waals surface area contributed by atoms with E-state index in [9.17, 15) is 14.7 Å². The second-order valence-electron chi connectivity index (χ2n) is 7.35. The Morgan fingerprint density at radius 3 is 2.31 bits per heavy atom. The fourth-order valence-electron chi connectivity index (χ4n) is 3.04. The van der Waals surface area contributed by atoms with E-state index in [4.69, 9.17) is 27.9 Å². The van der Waals surface area contributed by atoms with Gasteiger partial charge >= 0.3 is 11.9 Å². The molecule has 1 aromatic heterocycles. The first kappa shape index (κ1) is 20.8. The molecule has 0 amide bonds. The minimum absolute atomic E-state index is 0.0495. The van der Waals surface area contributed by atoms with Crippen LogP contribution >= 0.6 is 23.2 Å². The number of aromatic carboxylic acids is 1. The SMILES string of the molecule is CCc1c(Cl)c(N2CCC(C(=O)OC(C)(C)C)CC2)nc(Cl)c1C(=O)O. The molecule has 0 unspecified atom stereocenters. The van der Waals surface area contributed by atoms with E-state index in [2.05, 4.69) is 4.98 Å². The maximum atomic E-state index is 12.2. The van der Waals surface area contributed by atoms with Crippen LogP contribution in [-0.4, -0.2) is 40.7 Å². The molecule has 26 heavy (non-hydrogen) atoms. The highest BCUT2D eigenvalue weighted by Gasteiger charge is 2.31. The highest BCUT2D eigenvalue weighted by atomic mass is 35.5. The first-order chi connectivity index (χ1) is 12.0. The Labute approximate surface area is 163 Å². The van der Waals surface area contributed by atoms with Crippen molar-refractivity contribution in [3.8, 4) is 0 Å². The van der Waals surface area contributed by atoms with Crippen molar-refractivity contribution in [2.45, 2.75) is 52.6 Å². The number of anilines is 1. The molecule has 0 aliphatic carbocycles. The van der Waals surface area contributed by atoms with Gasteiger partial charge in [-0.05, 0) is 45.6 Å². The zero-order valence-electron chi connectivity index (χ0n) is 15.4. The summed E-state index contributed by atoms with van der Waals surface area (Å²) in [6.45, 7) is 8.51. The van der Waals surface area contributed by atoms with Gasteiger partial charge in [0.25, 0.3) is 0 Å². The third-order valence-electron chi connectivity index (χ3n) is 4.28. The van der Waals surface area contributed by atoms with Crippen molar-refractivity contribution in [2.24, 2.45) is 5.92 Å². The van der Waals surface area contributed by atoms with E-state index in [0.717, 1.165) is 0 Å². The lowest BCUT2D eigenvalue weighted by Crippen LogP contribution is -2.39. The molecule has 8 heteroatoms. The highest BCUT2D eigenvalue weighted by molar-refractivity contribution is 6.37. The molecule has 1 saturated heterocycles. The van der Waals surface area contributed by atoms with Crippen LogP contribution in [0.2, 0.25) is 10.2 Å². The Balaban J connectivity index is 2.18. The van der Waals surface area contributed by atoms with E-state index >= 15 is 0 Å². The van der Waals surface area contributed by atoms with Gasteiger partial charge in [0.15, 0.2) is 0 Å². The number of pyridine rings is 1. The Hall–Kier alpha value is -1.53. The lowest BCUT2D eigenvalue weighted by molar-refractivity contribution is -0.160. The van der Waals surface area contributed by atoms with Crippen molar-refractivity contribution in [1.29, 1.82) is 0 Å². The average molecular weight is 403 g/mol. The van der Waals surface area contributed by atoms with Crippen molar-refractivity contribution in [3.05, 3.63) is 21.3 Å². The second kappa shape index (κ2) is 8.01. The van der Waals surface area contributed by atoms with Crippen molar-refractivity contribution in [2.75, 3.05) is 18.0 Å². The number of hydrogen-bond acceptors (Lipinski definition) is 5. The van der Waals surface area contributed by atoms with Gasteiger partial charge in [-0.1, -0.05) is 30.1 Å². The Morgan fingerprint density at radius 2 is 1.85 bits per heavy atom. The van der Waals surface area contributed by atoms with Crippen LogP contribution in [0.4, 0.5) is 5.82 Å². The van der Waals surface area contributed by atoms with Crippen molar-refractivity contribution in [3.63, 3.8) is 0 Å². The van der Waals surface area contributed by atoms with Crippen LogP contribution in [0.5, 0.6) is 0 Å². The smallest absolute Gasteiger partial charge is 0.339 e. The summed E-state index contributed by atoms with van der Waals surface area (Å²) >= 11 is 12.5. The van der Waals surface area contributed by atoms with E-state index in [0.29, 0.717) is 48.8 Å². The number of halogens is 2. The highest BCUT2D eigenvalue weighted by Crippen LogP contribution is 2.36. The van der Waals surface area contributed by atoms with Crippen LogP contribution < -0.4 is 4.90 Å². The molecule has 1 N–H and O–H groups in total. The van der Waals surface area contributed by atoms with E-state index in [1.54, 1.807) is 0 Å². The summed E-state index contributed by atoms with van der Waals surface area (Å²) < 4.78 is 5.45. The third kappa shape index (κ3) is 4.60. The molecule has 0 radical (unpaired) electrons. The van der Waals surface area contributed by atoms with Gasteiger partial charge in [0.1, 0.15) is 22.1 Å². The first-order valence-corrected chi connectivity index (χ1v) is 9.39. The standard InChI is InChI=1S/C18H24Cl2N2O4/c1-5-11-12(16(23)24)14(20)21-15(13(11)19)22-8-6-10(7-9-22)17(25)26-18(2,3)4/h10H,5-9H2,1-4H3,(H,23,24). The molecule has 0 saturated carbocycles. The fourth-order valence-corrected chi connectivity index (χ4v) is 3.70. The number of rotatable bonds is 4. The van der Waals surface area contributed by atoms with Crippen LogP contribution in [0, 0.1) is 5.92 Å². The molecule has 6 nitrogen and oxygen atoms in total. The topological polar surface area (TPSA) is 79.7 Å². The summed E-state index contributed by atoms with van der Waals surface area (Å²) in [6, 6.07) is 0. The Bertz CT molecular complexity index is 708. The third-order valence-corrected chi connectivity index (χ3v) is 4.95. The summed E-state index contributed by atoms with van der Waals surface area (Å²) in [4.78, 5) is 29.8. The van der Waals surface area contributed by atoms with Gasteiger partial charge < -0.3 is 14.7 Å². The van der Waals surface area contributed by atoms with Gasteiger partial charge in [-0.25, -0.2) is 9.78 Å². The number of carbonyl (C=O) groups is 2. The maximum Gasteiger partial charge on any atom is 0.339 e. The van der Waals surface area contributed by atoms with Crippen molar-refractivity contribution < 1.29 is 19.4 Å². The average Bonchev–Trinajstić information content (AvgIpc) is 2.54. The number of aromatic nitrogens is 1. The van der Waals surface area contributed by atoms with E-state index in [1.165, 1.54) is 0 Å². The maximum absolute atomic E-state index is 12.2.